The largest absolute Gasteiger partial charge is 0.382 e. The molecular formula is C18H22N4O2S. The Balaban J connectivity index is 2.09. The number of nitrogens with one attached hydrogen (secondary N) is 1. The molecule has 25 heavy (non-hydrogen) atoms. The second kappa shape index (κ2) is 8.01. The number of benzene rings is 2. The number of anilines is 2. The van der Waals surface area contributed by atoms with Crippen molar-refractivity contribution in [3.63, 3.8) is 0 Å². The summed E-state index contributed by atoms with van der Waals surface area (Å²) in [6.45, 7) is 6.40. The van der Waals surface area contributed by atoms with E-state index in [2.05, 4.69) is 36.2 Å². The van der Waals surface area contributed by atoms with Crippen LogP contribution in [0.2, 0.25) is 0 Å². The minimum Gasteiger partial charge on any atom is -0.382 e. The van der Waals surface area contributed by atoms with E-state index in [4.69, 9.17) is 5.14 Å². The zero-order valence-corrected chi connectivity index (χ0v) is 15.2. The van der Waals surface area contributed by atoms with E-state index >= 15 is 0 Å². The highest BCUT2D eigenvalue weighted by atomic mass is 32.2. The molecule has 0 saturated heterocycles. The molecule has 6 nitrogen and oxygen atoms in total. The average molecular weight is 358 g/mol. The molecule has 132 valence electrons. The van der Waals surface area contributed by atoms with Crippen LogP contribution in [0, 0.1) is 18.3 Å². The fourth-order valence-corrected chi connectivity index (χ4v) is 3.18. The van der Waals surface area contributed by atoms with Crippen LogP contribution in [-0.4, -0.2) is 28.1 Å². The molecule has 0 spiro atoms. The van der Waals surface area contributed by atoms with Gasteiger partial charge in [0, 0.05) is 25.3 Å². The monoisotopic (exact) mass is 358 g/mol. The Labute approximate surface area is 148 Å². The Kier molecular flexibility index (Phi) is 6.02. The molecule has 2 aromatic rings. The fourth-order valence-electron chi connectivity index (χ4n) is 2.64. The maximum absolute atomic E-state index is 11.4. The van der Waals surface area contributed by atoms with Gasteiger partial charge in [-0.3, -0.25) is 0 Å². The first kappa shape index (κ1) is 18.8. The minimum atomic E-state index is -3.82. The Hall–Kier alpha value is -2.56. The van der Waals surface area contributed by atoms with Gasteiger partial charge in [-0.2, -0.15) is 5.26 Å². The summed E-state index contributed by atoms with van der Waals surface area (Å²) in [5.41, 5.74) is 3.23. The first-order valence-electron chi connectivity index (χ1n) is 7.98. The highest BCUT2D eigenvalue weighted by molar-refractivity contribution is 7.89. The standard InChI is InChI=1S/C18H22N4O2S/c1-3-22(18-7-5-4-6-14(18)2)11-10-21-17-9-8-16(25(20,23)24)12-15(17)13-19/h4-9,12,21H,3,10-11H2,1-2H3,(H2,20,23,24). The van der Waals surface area contributed by atoms with Crippen molar-refractivity contribution in [2.75, 3.05) is 29.9 Å². The van der Waals surface area contributed by atoms with E-state index in [0.717, 1.165) is 13.1 Å². The van der Waals surface area contributed by atoms with Crippen LogP contribution in [0.3, 0.4) is 0 Å². The van der Waals surface area contributed by atoms with Gasteiger partial charge < -0.3 is 10.2 Å². The summed E-state index contributed by atoms with van der Waals surface area (Å²) in [4.78, 5) is 2.18. The van der Waals surface area contributed by atoms with Crippen molar-refractivity contribution in [3.05, 3.63) is 53.6 Å². The number of nitrogens with two attached hydrogens (primary N) is 1. The van der Waals surface area contributed by atoms with Crippen LogP contribution in [-0.2, 0) is 10.0 Å². The van der Waals surface area contributed by atoms with Gasteiger partial charge in [0.25, 0.3) is 0 Å². The van der Waals surface area contributed by atoms with Crippen LogP contribution in [0.15, 0.2) is 47.4 Å². The van der Waals surface area contributed by atoms with Gasteiger partial charge >= 0.3 is 0 Å². The molecule has 2 aromatic carbocycles. The van der Waals surface area contributed by atoms with Gasteiger partial charge in [-0.1, -0.05) is 18.2 Å². The number of rotatable bonds is 7. The Morgan fingerprint density at radius 3 is 2.56 bits per heavy atom. The van der Waals surface area contributed by atoms with Crippen molar-refractivity contribution in [1.82, 2.24) is 0 Å². The molecule has 0 heterocycles. The van der Waals surface area contributed by atoms with Crippen molar-refractivity contribution in [2.24, 2.45) is 5.14 Å². The lowest BCUT2D eigenvalue weighted by Crippen LogP contribution is -2.29. The molecule has 0 bridgehead atoms. The highest BCUT2D eigenvalue weighted by Crippen LogP contribution is 2.21. The van der Waals surface area contributed by atoms with Gasteiger partial charge in [-0.25, -0.2) is 13.6 Å². The second-order valence-electron chi connectivity index (χ2n) is 5.66. The maximum atomic E-state index is 11.4. The van der Waals surface area contributed by atoms with Crippen LogP contribution >= 0.6 is 0 Å². The predicted octanol–water partition coefficient (Wildman–Crippen LogP) is 2.45. The molecule has 0 aliphatic rings. The van der Waals surface area contributed by atoms with E-state index in [-0.39, 0.29) is 10.5 Å². The lowest BCUT2D eigenvalue weighted by Gasteiger charge is -2.25. The first-order valence-corrected chi connectivity index (χ1v) is 9.53. The molecule has 0 fully saturated rings. The van der Waals surface area contributed by atoms with Crippen LogP contribution < -0.4 is 15.4 Å². The average Bonchev–Trinajstić information content (AvgIpc) is 2.59. The molecule has 0 aliphatic heterocycles. The van der Waals surface area contributed by atoms with Crippen molar-refractivity contribution in [2.45, 2.75) is 18.7 Å². The first-order chi connectivity index (χ1) is 11.9. The van der Waals surface area contributed by atoms with Crippen LogP contribution in [0.1, 0.15) is 18.1 Å². The molecule has 7 heteroatoms. The summed E-state index contributed by atoms with van der Waals surface area (Å²) in [6, 6.07) is 14.4. The molecule has 0 saturated carbocycles. The van der Waals surface area contributed by atoms with E-state index in [0.29, 0.717) is 12.2 Å². The summed E-state index contributed by atoms with van der Waals surface area (Å²) in [6.07, 6.45) is 0. The third kappa shape index (κ3) is 4.72. The summed E-state index contributed by atoms with van der Waals surface area (Å²) in [5, 5.41) is 17.5. The summed E-state index contributed by atoms with van der Waals surface area (Å²) < 4.78 is 22.8. The molecular weight excluding hydrogens is 336 g/mol. The Bertz CT molecular complexity index is 888. The van der Waals surface area contributed by atoms with E-state index in [9.17, 15) is 13.7 Å². The van der Waals surface area contributed by atoms with E-state index in [1.54, 1.807) is 6.07 Å². The van der Waals surface area contributed by atoms with Crippen LogP contribution in [0.5, 0.6) is 0 Å². The molecule has 0 atom stereocenters. The molecule has 0 radical (unpaired) electrons. The van der Waals surface area contributed by atoms with Crippen molar-refractivity contribution < 1.29 is 8.42 Å². The zero-order valence-electron chi connectivity index (χ0n) is 14.4. The second-order valence-corrected chi connectivity index (χ2v) is 7.22. The third-order valence-electron chi connectivity index (χ3n) is 3.98. The molecule has 0 unspecified atom stereocenters. The van der Waals surface area contributed by atoms with Crippen molar-refractivity contribution in [1.29, 1.82) is 5.26 Å². The molecule has 0 aromatic heterocycles. The zero-order chi connectivity index (χ0) is 18.4. The number of hydrogen-bond acceptors (Lipinski definition) is 5. The predicted molar refractivity (Wildman–Crippen MR) is 100 cm³/mol. The summed E-state index contributed by atoms with van der Waals surface area (Å²) in [7, 11) is -3.82. The fraction of sp³-hybridized carbons (Fsp3) is 0.278. The minimum absolute atomic E-state index is 0.0651. The smallest absolute Gasteiger partial charge is 0.238 e. The third-order valence-corrected chi connectivity index (χ3v) is 4.89. The number of para-hydroxylation sites is 1. The SMILES string of the molecule is CCN(CCNc1ccc(S(N)(=O)=O)cc1C#N)c1ccccc1C. The lowest BCUT2D eigenvalue weighted by atomic mass is 10.1. The van der Waals surface area contributed by atoms with Gasteiger partial charge in [0.2, 0.25) is 10.0 Å². The van der Waals surface area contributed by atoms with Crippen molar-refractivity contribution in [3.8, 4) is 6.07 Å². The van der Waals surface area contributed by atoms with Gasteiger partial charge in [-0.15, -0.1) is 0 Å². The summed E-state index contributed by atoms with van der Waals surface area (Å²) in [5.74, 6) is 0. The van der Waals surface area contributed by atoms with Gasteiger partial charge in [0.15, 0.2) is 0 Å². The molecule has 2 rings (SSSR count). The normalized spacial score (nSPS) is 11.0. The number of likely N-dealkylation sites (N-methyl/N-ethyl adjacent to an activating group) is 1. The lowest BCUT2D eigenvalue weighted by molar-refractivity contribution is 0.598. The number of hydrogen-bond donors (Lipinski definition) is 2. The summed E-state index contributed by atoms with van der Waals surface area (Å²) >= 11 is 0. The van der Waals surface area contributed by atoms with E-state index in [1.807, 2.05) is 18.2 Å². The van der Waals surface area contributed by atoms with Gasteiger partial charge in [0.1, 0.15) is 6.07 Å². The number of aryl methyl sites for hydroxylation is 1. The van der Waals surface area contributed by atoms with Gasteiger partial charge in [-0.05, 0) is 43.7 Å². The van der Waals surface area contributed by atoms with Crippen LogP contribution in [0.4, 0.5) is 11.4 Å². The molecule has 3 N–H and O–H groups in total. The van der Waals surface area contributed by atoms with Gasteiger partial charge in [0.05, 0.1) is 16.1 Å². The number of nitrogens with zero attached hydrogens (tertiary/aromatic N) is 2. The number of primary sulfonamides is 1. The Morgan fingerprint density at radius 2 is 1.96 bits per heavy atom. The quantitative estimate of drug-likeness (QED) is 0.792. The molecule has 0 aliphatic carbocycles. The van der Waals surface area contributed by atoms with Crippen LogP contribution in [0.25, 0.3) is 0 Å². The number of nitriles is 1. The topological polar surface area (TPSA) is 99.2 Å². The van der Waals surface area contributed by atoms with Crippen molar-refractivity contribution >= 4 is 21.4 Å². The van der Waals surface area contributed by atoms with E-state index < -0.39 is 10.0 Å². The maximum Gasteiger partial charge on any atom is 0.238 e. The number of sulfonamides is 1. The highest BCUT2D eigenvalue weighted by Gasteiger charge is 2.12. The Morgan fingerprint density at radius 1 is 1.24 bits per heavy atom. The van der Waals surface area contributed by atoms with E-state index in [1.165, 1.54) is 23.4 Å². The molecule has 0 amide bonds.